The van der Waals surface area contributed by atoms with Crippen molar-refractivity contribution in [3.63, 3.8) is 0 Å². The van der Waals surface area contributed by atoms with Gasteiger partial charge in [0.1, 0.15) is 0 Å². The van der Waals surface area contributed by atoms with Crippen LogP contribution in [0.5, 0.6) is 0 Å². The molecule has 0 bridgehead atoms. The fraction of sp³-hybridized carbons (Fsp3) is 0.600. The first-order chi connectivity index (χ1) is 10.7. The van der Waals surface area contributed by atoms with Crippen LogP contribution in [0.25, 0.3) is 0 Å². The second kappa shape index (κ2) is 10.8. The van der Waals surface area contributed by atoms with Gasteiger partial charge in [0.25, 0.3) is 5.69 Å². The van der Waals surface area contributed by atoms with Crippen LogP contribution in [-0.2, 0) is 0 Å². The molecule has 0 saturated carbocycles. The maximum atomic E-state index is 10.6. The SMILES string of the molecule is CCCC(CCCNCCO)/N=N/c1ccc([N+](=O)[O-])cc1. The first kappa shape index (κ1) is 18.2. The Kier molecular flexibility index (Phi) is 8.94. The molecule has 1 aromatic rings. The van der Waals surface area contributed by atoms with Crippen LogP contribution in [0.15, 0.2) is 34.5 Å². The van der Waals surface area contributed by atoms with E-state index in [-0.39, 0.29) is 18.3 Å². The van der Waals surface area contributed by atoms with Crippen molar-refractivity contribution in [1.82, 2.24) is 5.32 Å². The molecule has 0 amide bonds. The Morgan fingerprint density at radius 2 is 2.00 bits per heavy atom. The number of non-ortho nitro benzene ring substituents is 1. The van der Waals surface area contributed by atoms with Gasteiger partial charge in [-0.2, -0.15) is 10.2 Å². The number of aliphatic hydroxyl groups is 1. The molecule has 0 fully saturated rings. The average molecular weight is 308 g/mol. The summed E-state index contributed by atoms with van der Waals surface area (Å²) in [4.78, 5) is 10.2. The summed E-state index contributed by atoms with van der Waals surface area (Å²) in [6.07, 6.45) is 3.91. The van der Waals surface area contributed by atoms with Crippen molar-refractivity contribution in [3.8, 4) is 0 Å². The number of nitro benzene ring substituents is 1. The Balaban J connectivity index is 2.48. The molecule has 0 heterocycles. The van der Waals surface area contributed by atoms with E-state index in [0.29, 0.717) is 12.2 Å². The van der Waals surface area contributed by atoms with Gasteiger partial charge >= 0.3 is 0 Å². The van der Waals surface area contributed by atoms with Crippen LogP contribution in [0.1, 0.15) is 32.6 Å². The van der Waals surface area contributed by atoms with Gasteiger partial charge in [-0.1, -0.05) is 13.3 Å². The van der Waals surface area contributed by atoms with E-state index in [4.69, 9.17) is 5.11 Å². The van der Waals surface area contributed by atoms with E-state index < -0.39 is 4.92 Å². The minimum Gasteiger partial charge on any atom is -0.395 e. The molecule has 1 atom stereocenters. The lowest BCUT2D eigenvalue weighted by Gasteiger charge is -2.10. The molecule has 122 valence electrons. The monoisotopic (exact) mass is 308 g/mol. The number of nitro groups is 1. The van der Waals surface area contributed by atoms with Crippen LogP contribution in [0.2, 0.25) is 0 Å². The van der Waals surface area contributed by atoms with Crippen molar-refractivity contribution in [3.05, 3.63) is 34.4 Å². The zero-order valence-electron chi connectivity index (χ0n) is 12.9. The Hall–Kier alpha value is -1.86. The molecule has 0 radical (unpaired) electrons. The predicted octanol–water partition coefficient (Wildman–Crippen LogP) is 3.21. The molecule has 2 N–H and O–H groups in total. The number of nitrogens with zero attached hydrogens (tertiary/aromatic N) is 3. The van der Waals surface area contributed by atoms with E-state index in [9.17, 15) is 10.1 Å². The highest BCUT2D eigenvalue weighted by molar-refractivity contribution is 5.43. The molecule has 1 rings (SSSR count). The number of hydrogen-bond donors (Lipinski definition) is 2. The van der Waals surface area contributed by atoms with E-state index in [1.807, 2.05) is 0 Å². The smallest absolute Gasteiger partial charge is 0.269 e. The average Bonchev–Trinajstić information content (AvgIpc) is 2.52. The standard InChI is InChI=1S/C15H24N4O3/c1-2-4-13(5-3-10-16-11-12-20)17-18-14-6-8-15(9-7-14)19(21)22/h6-9,13,16,20H,2-5,10-12H2,1H3/b18-17+. The summed E-state index contributed by atoms with van der Waals surface area (Å²) >= 11 is 0. The second-order valence-electron chi connectivity index (χ2n) is 5.05. The van der Waals surface area contributed by atoms with E-state index in [1.54, 1.807) is 12.1 Å². The summed E-state index contributed by atoms with van der Waals surface area (Å²) in [5, 5.41) is 30.9. The molecule has 1 unspecified atom stereocenters. The number of azo groups is 1. The Bertz CT molecular complexity index is 462. The third-order valence-electron chi connectivity index (χ3n) is 3.20. The van der Waals surface area contributed by atoms with Crippen LogP contribution in [0, 0.1) is 10.1 Å². The summed E-state index contributed by atoms with van der Waals surface area (Å²) in [5.74, 6) is 0. The number of benzene rings is 1. The van der Waals surface area contributed by atoms with Crippen molar-refractivity contribution in [1.29, 1.82) is 0 Å². The first-order valence-corrected chi connectivity index (χ1v) is 7.64. The van der Waals surface area contributed by atoms with E-state index in [0.717, 1.165) is 32.2 Å². The highest BCUT2D eigenvalue weighted by Gasteiger charge is 2.07. The van der Waals surface area contributed by atoms with Crippen molar-refractivity contribution < 1.29 is 10.0 Å². The Morgan fingerprint density at radius 3 is 2.59 bits per heavy atom. The summed E-state index contributed by atoms with van der Waals surface area (Å²) in [5.41, 5.74) is 0.684. The fourth-order valence-electron chi connectivity index (χ4n) is 2.05. The quantitative estimate of drug-likeness (QED) is 0.284. The maximum Gasteiger partial charge on any atom is 0.269 e. The summed E-state index contributed by atoms with van der Waals surface area (Å²) in [6, 6.07) is 6.24. The predicted molar refractivity (Wildman–Crippen MR) is 85.5 cm³/mol. The van der Waals surface area contributed by atoms with Gasteiger partial charge in [0.15, 0.2) is 0 Å². The number of rotatable bonds is 11. The zero-order chi connectivity index (χ0) is 16.2. The van der Waals surface area contributed by atoms with Gasteiger partial charge in [-0.3, -0.25) is 10.1 Å². The molecule has 0 saturated heterocycles. The third kappa shape index (κ3) is 7.24. The van der Waals surface area contributed by atoms with Crippen molar-refractivity contribution in [2.24, 2.45) is 10.2 Å². The molecule has 0 aliphatic heterocycles. The second-order valence-corrected chi connectivity index (χ2v) is 5.05. The molecule has 22 heavy (non-hydrogen) atoms. The molecular weight excluding hydrogens is 284 g/mol. The zero-order valence-corrected chi connectivity index (χ0v) is 12.9. The maximum absolute atomic E-state index is 10.6. The molecular formula is C15H24N4O3. The van der Waals surface area contributed by atoms with Crippen molar-refractivity contribution in [2.75, 3.05) is 19.7 Å². The van der Waals surface area contributed by atoms with E-state index in [1.165, 1.54) is 12.1 Å². The van der Waals surface area contributed by atoms with Crippen LogP contribution in [0.4, 0.5) is 11.4 Å². The molecule has 0 aliphatic carbocycles. The highest BCUT2D eigenvalue weighted by Crippen LogP contribution is 2.20. The topological polar surface area (TPSA) is 100 Å². The molecule has 0 aliphatic rings. The molecule has 0 aromatic heterocycles. The fourth-order valence-corrected chi connectivity index (χ4v) is 2.05. The van der Waals surface area contributed by atoms with Gasteiger partial charge in [0.05, 0.1) is 23.3 Å². The minimum absolute atomic E-state index is 0.0546. The number of nitrogens with one attached hydrogen (secondary N) is 1. The van der Waals surface area contributed by atoms with Crippen LogP contribution in [0.3, 0.4) is 0 Å². The Morgan fingerprint density at radius 1 is 1.27 bits per heavy atom. The van der Waals surface area contributed by atoms with Crippen molar-refractivity contribution >= 4 is 11.4 Å². The largest absolute Gasteiger partial charge is 0.395 e. The van der Waals surface area contributed by atoms with Gasteiger partial charge in [-0.05, 0) is 37.9 Å². The lowest BCUT2D eigenvalue weighted by molar-refractivity contribution is -0.384. The Labute approximate surface area is 130 Å². The molecule has 7 nitrogen and oxygen atoms in total. The van der Waals surface area contributed by atoms with Gasteiger partial charge in [-0.15, -0.1) is 0 Å². The lowest BCUT2D eigenvalue weighted by atomic mass is 10.1. The number of aliphatic hydroxyl groups excluding tert-OH is 1. The van der Waals surface area contributed by atoms with Gasteiger partial charge in [0.2, 0.25) is 0 Å². The van der Waals surface area contributed by atoms with E-state index >= 15 is 0 Å². The number of hydrogen-bond acceptors (Lipinski definition) is 6. The van der Waals surface area contributed by atoms with Crippen LogP contribution < -0.4 is 5.32 Å². The van der Waals surface area contributed by atoms with Gasteiger partial charge in [0, 0.05) is 18.7 Å². The summed E-state index contributed by atoms with van der Waals surface area (Å²) < 4.78 is 0. The lowest BCUT2D eigenvalue weighted by Crippen LogP contribution is -2.20. The summed E-state index contributed by atoms with van der Waals surface area (Å²) in [6.45, 7) is 3.73. The highest BCUT2D eigenvalue weighted by atomic mass is 16.6. The molecule has 1 aromatic carbocycles. The van der Waals surface area contributed by atoms with Gasteiger partial charge < -0.3 is 10.4 Å². The third-order valence-corrected chi connectivity index (χ3v) is 3.20. The van der Waals surface area contributed by atoms with Crippen LogP contribution >= 0.6 is 0 Å². The molecule has 7 heteroatoms. The molecule has 0 spiro atoms. The minimum atomic E-state index is -0.430. The van der Waals surface area contributed by atoms with Gasteiger partial charge in [-0.25, -0.2) is 0 Å². The summed E-state index contributed by atoms with van der Waals surface area (Å²) in [7, 11) is 0. The van der Waals surface area contributed by atoms with Crippen LogP contribution in [-0.4, -0.2) is 35.8 Å². The van der Waals surface area contributed by atoms with Crippen molar-refractivity contribution in [2.45, 2.75) is 38.6 Å². The normalized spacial score (nSPS) is 12.6. The van der Waals surface area contributed by atoms with E-state index in [2.05, 4.69) is 22.5 Å². The first-order valence-electron chi connectivity index (χ1n) is 7.64.